The first-order valence-electron chi connectivity index (χ1n) is 6.76. The minimum absolute atomic E-state index is 0.244. The van der Waals surface area contributed by atoms with E-state index in [9.17, 15) is 9.18 Å². The summed E-state index contributed by atoms with van der Waals surface area (Å²) in [5, 5.41) is 2.83. The predicted octanol–water partition coefficient (Wildman–Crippen LogP) is 3.85. The first kappa shape index (κ1) is 15.0. The summed E-state index contributed by atoms with van der Waals surface area (Å²) in [6.45, 7) is 5.59. The van der Waals surface area contributed by atoms with Gasteiger partial charge in [0.2, 0.25) is 0 Å². The van der Waals surface area contributed by atoms with Crippen LogP contribution in [0, 0.1) is 19.7 Å². The number of halogens is 1. The summed E-state index contributed by atoms with van der Waals surface area (Å²) in [5.74, 6) is -0.124. The lowest BCUT2D eigenvalue weighted by Gasteiger charge is -2.16. The third-order valence-electron chi connectivity index (χ3n) is 3.14. The van der Waals surface area contributed by atoms with Crippen LogP contribution in [0.3, 0.4) is 0 Å². The Kier molecular flexibility index (Phi) is 4.58. The van der Waals surface area contributed by atoms with Crippen LogP contribution in [-0.2, 0) is 4.79 Å². The topological polar surface area (TPSA) is 38.3 Å². The molecule has 0 heterocycles. The van der Waals surface area contributed by atoms with Crippen molar-refractivity contribution in [2.75, 3.05) is 5.32 Å². The molecule has 0 fully saturated rings. The zero-order chi connectivity index (χ0) is 15.4. The third kappa shape index (κ3) is 4.05. The number of aryl methyl sites for hydroxylation is 2. The Hall–Kier alpha value is -2.36. The van der Waals surface area contributed by atoms with Crippen molar-refractivity contribution in [3.63, 3.8) is 0 Å². The number of carbonyl (C=O) groups excluding carboxylic acids is 1. The standard InChI is InChI=1S/C17H18FNO2/c1-11-4-9-16(12(2)10-11)19-17(20)13(3)21-15-7-5-14(18)6-8-15/h4-10,13H,1-3H3,(H,19,20). The molecule has 2 rings (SSSR count). The van der Waals surface area contributed by atoms with Crippen LogP contribution in [0.5, 0.6) is 5.75 Å². The fourth-order valence-electron chi connectivity index (χ4n) is 1.96. The highest BCUT2D eigenvalue weighted by Crippen LogP contribution is 2.18. The second-order valence-corrected chi connectivity index (χ2v) is 5.02. The molecule has 0 spiro atoms. The van der Waals surface area contributed by atoms with Crippen molar-refractivity contribution in [3.05, 3.63) is 59.4 Å². The van der Waals surface area contributed by atoms with Crippen LogP contribution < -0.4 is 10.1 Å². The number of rotatable bonds is 4. The molecule has 110 valence electrons. The third-order valence-corrected chi connectivity index (χ3v) is 3.14. The van der Waals surface area contributed by atoms with Gasteiger partial charge in [0.05, 0.1) is 0 Å². The molecule has 2 aromatic carbocycles. The van der Waals surface area contributed by atoms with Crippen molar-refractivity contribution in [1.82, 2.24) is 0 Å². The Morgan fingerprint density at radius 2 is 1.81 bits per heavy atom. The van der Waals surface area contributed by atoms with E-state index in [0.717, 1.165) is 16.8 Å². The second kappa shape index (κ2) is 6.39. The molecule has 3 nitrogen and oxygen atoms in total. The van der Waals surface area contributed by atoms with Crippen LogP contribution in [0.15, 0.2) is 42.5 Å². The molecule has 0 saturated heterocycles. The molecule has 21 heavy (non-hydrogen) atoms. The average Bonchev–Trinajstić information content (AvgIpc) is 2.44. The molecular formula is C17H18FNO2. The molecule has 0 bridgehead atoms. The lowest BCUT2D eigenvalue weighted by Crippen LogP contribution is -2.30. The normalized spacial score (nSPS) is 11.8. The monoisotopic (exact) mass is 287 g/mol. The maximum absolute atomic E-state index is 12.8. The summed E-state index contributed by atoms with van der Waals surface area (Å²) in [6, 6.07) is 11.4. The van der Waals surface area contributed by atoms with Gasteiger partial charge in [-0.15, -0.1) is 0 Å². The van der Waals surface area contributed by atoms with Crippen molar-refractivity contribution in [1.29, 1.82) is 0 Å². The van der Waals surface area contributed by atoms with Gasteiger partial charge in [-0.2, -0.15) is 0 Å². The largest absolute Gasteiger partial charge is 0.481 e. The maximum atomic E-state index is 12.8. The van der Waals surface area contributed by atoms with Crippen LogP contribution in [-0.4, -0.2) is 12.0 Å². The smallest absolute Gasteiger partial charge is 0.265 e. The summed E-state index contributed by atoms with van der Waals surface area (Å²) >= 11 is 0. The number of hydrogen-bond acceptors (Lipinski definition) is 2. The van der Waals surface area contributed by atoms with Crippen molar-refractivity contribution in [2.24, 2.45) is 0 Å². The van der Waals surface area contributed by atoms with Gasteiger partial charge in [0.15, 0.2) is 6.10 Å². The van der Waals surface area contributed by atoms with Gasteiger partial charge in [0.25, 0.3) is 5.91 Å². The molecule has 0 radical (unpaired) electrons. The number of amides is 1. The van der Waals surface area contributed by atoms with E-state index in [0.29, 0.717) is 5.75 Å². The molecule has 0 aliphatic carbocycles. The molecule has 0 aromatic heterocycles. The first-order valence-corrected chi connectivity index (χ1v) is 6.76. The van der Waals surface area contributed by atoms with Crippen LogP contribution in [0.25, 0.3) is 0 Å². The van der Waals surface area contributed by atoms with Crippen LogP contribution >= 0.6 is 0 Å². The van der Waals surface area contributed by atoms with Gasteiger partial charge in [-0.05, 0) is 56.7 Å². The number of ether oxygens (including phenoxy) is 1. The Bertz CT molecular complexity index is 638. The Balaban J connectivity index is 2.00. The van der Waals surface area contributed by atoms with E-state index in [1.165, 1.54) is 24.3 Å². The molecule has 4 heteroatoms. The number of carbonyl (C=O) groups is 1. The van der Waals surface area contributed by atoms with Crippen LogP contribution in [0.1, 0.15) is 18.1 Å². The van der Waals surface area contributed by atoms with Crippen LogP contribution in [0.2, 0.25) is 0 Å². The van der Waals surface area contributed by atoms with Crippen molar-refractivity contribution < 1.29 is 13.9 Å². The fourth-order valence-corrected chi connectivity index (χ4v) is 1.96. The Morgan fingerprint density at radius 3 is 2.43 bits per heavy atom. The first-order chi connectivity index (χ1) is 9.95. The van der Waals surface area contributed by atoms with Gasteiger partial charge in [-0.1, -0.05) is 17.7 Å². The molecule has 1 atom stereocenters. The highest BCUT2D eigenvalue weighted by molar-refractivity contribution is 5.94. The summed E-state index contributed by atoms with van der Waals surface area (Å²) < 4.78 is 18.3. The SMILES string of the molecule is Cc1ccc(NC(=O)C(C)Oc2ccc(F)cc2)c(C)c1. The van der Waals surface area contributed by atoms with Gasteiger partial charge >= 0.3 is 0 Å². The predicted molar refractivity (Wildman–Crippen MR) is 81.0 cm³/mol. The minimum Gasteiger partial charge on any atom is -0.481 e. The molecule has 0 aliphatic heterocycles. The zero-order valence-electron chi connectivity index (χ0n) is 12.3. The minimum atomic E-state index is -0.670. The number of anilines is 1. The van der Waals surface area contributed by atoms with E-state index in [1.54, 1.807) is 6.92 Å². The number of benzene rings is 2. The van der Waals surface area contributed by atoms with Gasteiger partial charge < -0.3 is 10.1 Å². The summed E-state index contributed by atoms with van der Waals surface area (Å²) in [6.07, 6.45) is -0.670. The second-order valence-electron chi connectivity index (χ2n) is 5.02. The van der Waals surface area contributed by atoms with E-state index < -0.39 is 6.10 Å². The number of hydrogen-bond donors (Lipinski definition) is 1. The fraction of sp³-hybridized carbons (Fsp3) is 0.235. The van der Waals surface area contributed by atoms with E-state index in [-0.39, 0.29) is 11.7 Å². The van der Waals surface area contributed by atoms with Gasteiger partial charge in [-0.3, -0.25) is 4.79 Å². The Morgan fingerprint density at radius 1 is 1.14 bits per heavy atom. The average molecular weight is 287 g/mol. The lowest BCUT2D eigenvalue weighted by atomic mass is 10.1. The van der Waals surface area contributed by atoms with E-state index in [1.807, 2.05) is 32.0 Å². The van der Waals surface area contributed by atoms with Gasteiger partial charge in [-0.25, -0.2) is 4.39 Å². The zero-order valence-corrected chi connectivity index (χ0v) is 12.3. The quantitative estimate of drug-likeness (QED) is 0.927. The number of nitrogens with one attached hydrogen (secondary N) is 1. The van der Waals surface area contributed by atoms with E-state index in [4.69, 9.17) is 4.74 Å². The molecule has 1 amide bonds. The molecular weight excluding hydrogens is 269 g/mol. The van der Waals surface area contributed by atoms with Crippen LogP contribution in [0.4, 0.5) is 10.1 Å². The summed E-state index contributed by atoms with van der Waals surface area (Å²) in [7, 11) is 0. The summed E-state index contributed by atoms with van der Waals surface area (Å²) in [5.41, 5.74) is 2.90. The highest BCUT2D eigenvalue weighted by Gasteiger charge is 2.15. The molecule has 1 N–H and O–H groups in total. The molecule has 2 aromatic rings. The van der Waals surface area contributed by atoms with Crippen molar-refractivity contribution in [3.8, 4) is 5.75 Å². The maximum Gasteiger partial charge on any atom is 0.265 e. The van der Waals surface area contributed by atoms with Gasteiger partial charge in [0.1, 0.15) is 11.6 Å². The van der Waals surface area contributed by atoms with Crippen molar-refractivity contribution in [2.45, 2.75) is 26.9 Å². The van der Waals surface area contributed by atoms with E-state index >= 15 is 0 Å². The van der Waals surface area contributed by atoms with Crippen molar-refractivity contribution >= 4 is 11.6 Å². The molecule has 0 aliphatic rings. The molecule has 0 saturated carbocycles. The van der Waals surface area contributed by atoms with E-state index in [2.05, 4.69) is 5.32 Å². The van der Waals surface area contributed by atoms with Gasteiger partial charge in [0, 0.05) is 5.69 Å². The highest BCUT2D eigenvalue weighted by atomic mass is 19.1. The lowest BCUT2D eigenvalue weighted by molar-refractivity contribution is -0.122. The Labute approximate surface area is 123 Å². The summed E-state index contributed by atoms with van der Waals surface area (Å²) in [4.78, 5) is 12.1. The molecule has 1 unspecified atom stereocenters.